The number of amides is 4. The molecule has 0 aliphatic carbocycles. The SMILES string of the molecule is C=C(C)[C@H](NC(=O)CCOCCOCCN1C(=O)C=CC1=O)C(N)=O. The minimum atomic E-state index is -0.888. The van der Waals surface area contributed by atoms with Crippen molar-refractivity contribution in [1.29, 1.82) is 0 Å². The van der Waals surface area contributed by atoms with Crippen LogP contribution in [0.15, 0.2) is 24.3 Å². The van der Waals surface area contributed by atoms with Crippen LogP contribution in [0.4, 0.5) is 0 Å². The Morgan fingerprint density at radius 2 is 1.72 bits per heavy atom. The topological polar surface area (TPSA) is 128 Å². The molecule has 1 atom stereocenters. The van der Waals surface area contributed by atoms with Crippen LogP contribution in [0.2, 0.25) is 0 Å². The minimum absolute atomic E-state index is 0.0690. The highest BCUT2D eigenvalue weighted by Gasteiger charge is 2.22. The Hall–Kier alpha value is -2.52. The lowest BCUT2D eigenvalue weighted by molar-refractivity contribution is -0.137. The van der Waals surface area contributed by atoms with Gasteiger partial charge >= 0.3 is 0 Å². The Morgan fingerprint density at radius 1 is 1.16 bits per heavy atom. The number of primary amides is 1. The van der Waals surface area contributed by atoms with Gasteiger partial charge in [-0.3, -0.25) is 24.1 Å². The summed E-state index contributed by atoms with van der Waals surface area (Å²) in [6, 6.07) is -0.888. The van der Waals surface area contributed by atoms with Crippen molar-refractivity contribution in [2.75, 3.05) is 33.0 Å². The summed E-state index contributed by atoms with van der Waals surface area (Å²) in [5.74, 6) is -1.73. The Labute approximate surface area is 145 Å². The van der Waals surface area contributed by atoms with Gasteiger partial charge in [0.2, 0.25) is 11.8 Å². The summed E-state index contributed by atoms with van der Waals surface area (Å²) in [5, 5.41) is 2.47. The molecule has 0 aromatic carbocycles. The van der Waals surface area contributed by atoms with Gasteiger partial charge < -0.3 is 20.5 Å². The lowest BCUT2D eigenvalue weighted by Gasteiger charge is -2.15. The molecule has 0 spiro atoms. The van der Waals surface area contributed by atoms with Crippen LogP contribution in [-0.2, 0) is 28.7 Å². The number of rotatable bonds is 12. The van der Waals surface area contributed by atoms with Crippen LogP contribution in [0.3, 0.4) is 0 Å². The van der Waals surface area contributed by atoms with E-state index in [0.29, 0.717) is 5.57 Å². The molecule has 1 aliphatic heterocycles. The van der Waals surface area contributed by atoms with E-state index in [2.05, 4.69) is 11.9 Å². The first-order chi connectivity index (χ1) is 11.8. The van der Waals surface area contributed by atoms with Crippen molar-refractivity contribution < 1.29 is 28.7 Å². The quantitative estimate of drug-likeness (QED) is 0.260. The van der Waals surface area contributed by atoms with Crippen molar-refractivity contribution in [3.05, 3.63) is 24.3 Å². The highest BCUT2D eigenvalue weighted by Crippen LogP contribution is 2.02. The number of hydrogen-bond donors (Lipinski definition) is 2. The molecule has 0 aromatic rings. The largest absolute Gasteiger partial charge is 0.379 e. The van der Waals surface area contributed by atoms with Crippen LogP contribution in [0, 0.1) is 0 Å². The van der Waals surface area contributed by atoms with Crippen molar-refractivity contribution in [3.8, 4) is 0 Å². The number of carbonyl (C=O) groups excluding carboxylic acids is 4. The predicted molar refractivity (Wildman–Crippen MR) is 88.1 cm³/mol. The second kappa shape index (κ2) is 10.4. The van der Waals surface area contributed by atoms with Crippen LogP contribution < -0.4 is 11.1 Å². The zero-order valence-electron chi connectivity index (χ0n) is 14.2. The van der Waals surface area contributed by atoms with E-state index in [1.807, 2.05) is 0 Å². The summed E-state index contributed by atoms with van der Waals surface area (Å²) in [5.41, 5.74) is 5.62. The number of carbonyl (C=O) groups is 4. The van der Waals surface area contributed by atoms with E-state index in [0.717, 1.165) is 4.90 Å². The van der Waals surface area contributed by atoms with Crippen molar-refractivity contribution >= 4 is 23.6 Å². The summed E-state index contributed by atoms with van der Waals surface area (Å²) in [7, 11) is 0. The maximum Gasteiger partial charge on any atom is 0.253 e. The van der Waals surface area contributed by atoms with Crippen molar-refractivity contribution in [1.82, 2.24) is 10.2 Å². The van der Waals surface area contributed by atoms with E-state index < -0.39 is 11.9 Å². The number of imide groups is 1. The molecule has 0 unspecified atom stereocenters. The third-order valence-electron chi connectivity index (χ3n) is 3.29. The first-order valence-electron chi connectivity index (χ1n) is 7.76. The monoisotopic (exact) mass is 353 g/mol. The average Bonchev–Trinajstić information content (AvgIpc) is 2.86. The molecule has 0 saturated heterocycles. The van der Waals surface area contributed by atoms with Crippen LogP contribution in [0.1, 0.15) is 13.3 Å². The third-order valence-corrected chi connectivity index (χ3v) is 3.29. The molecular weight excluding hydrogens is 330 g/mol. The molecule has 4 amide bonds. The van der Waals surface area contributed by atoms with Crippen molar-refractivity contribution in [2.24, 2.45) is 5.73 Å². The van der Waals surface area contributed by atoms with Crippen LogP contribution in [0.25, 0.3) is 0 Å². The standard InChI is InChI=1S/C16H23N3O6/c1-11(2)15(16(17)23)18-12(20)5-7-24-9-10-25-8-6-19-13(21)3-4-14(19)22/h3-4,15H,1,5-10H2,2H3,(H2,17,23)(H,18,20)/t15-/m0/s1. The zero-order valence-corrected chi connectivity index (χ0v) is 14.2. The average molecular weight is 353 g/mol. The molecule has 0 fully saturated rings. The third kappa shape index (κ3) is 7.27. The van der Waals surface area contributed by atoms with E-state index in [4.69, 9.17) is 15.2 Å². The fourth-order valence-corrected chi connectivity index (χ4v) is 1.96. The number of nitrogens with two attached hydrogens (primary N) is 1. The van der Waals surface area contributed by atoms with Crippen LogP contribution in [-0.4, -0.2) is 67.5 Å². The predicted octanol–water partition coefficient (Wildman–Crippen LogP) is -1.12. The molecule has 9 heteroatoms. The van der Waals surface area contributed by atoms with Gasteiger partial charge in [0.25, 0.3) is 11.8 Å². The summed E-state index contributed by atoms with van der Waals surface area (Å²) in [6.45, 7) is 6.26. The molecule has 0 radical (unpaired) electrons. The summed E-state index contributed by atoms with van der Waals surface area (Å²) in [6.07, 6.45) is 2.50. The number of nitrogens with one attached hydrogen (secondary N) is 1. The lowest BCUT2D eigenvalue weighted by atomic mass is 10.1. The van der Waals surface area contributed by atoms with E-state index in [1.165, 1.54) is 12.2 Å². The Bertz CT molecular complexity index is 540. The van der Waals surface area contributed by atoms with Crippen LogP contribution in [0.5, 0.6) is 0 Å². The molecule has 3 N–H and O–H groups in total. The Balaban J connectivity index is 2.04. The van der Waals surface area contributed by atoms with Gasteiger partial charge in [0.05, 0.1) is 33.0 Å². The highest BCUT2D eigenvalue weighted by atomic mass is 16.5. The fraction of sp³-hybridized carbons (Fsp3) is 0.500. The number of nitrogens with zero attached hydrogens (tertiary/aromatic N) is 1. The first-order valence-corrected chi connectivity index (χ1v) is 7.76. The fourth-order valence-electron chi connectivity index (χ4n) is 1.96. The molecule has 138 valence electrons. The highest BCUT2D eigenvalue weighted by molar-refractivity contribution is 6.12. The van der Waals surface area contributed by atoms with Crippen molar-refractivity contribution in [2.45, 2.75) is 19.4 Å². The van der Waals surface area contributed by atoms with Gasteiger partial charge in [0.1, 0.15) is 6.04 Å². The lowest BCUT2D eigenvalue weighted by Crippen LogP contribution is -2.45. The first kappa shape index (κ1) is 20.5. The molecule has 0 saturated carbocycles. The summed E-state index contributed by atoms with van der Waals surface area (Å²) < 4.78 is 10.5. The maximum absolute atomic E-state index is 11.7. The Kier molecular flexibility index (Phi) is 8.51. The van der Waals surface area contributed by atoms with Gasteiger partial charge in [-0.25, -0.2) is 0 Å². The van der Waals surface area contributed by atoms with Gasteiger partial charge in [-0.15, -0.1) is 0 Å². The van der Waals surface area contributed by atoms with Gasteiger partial charge in [-0.05, 0) is 12.5 Å². The molecule has 25 heavy (non-hydrogen) atoms. The Morgan fingerprint density at radius 3 is 2.24 bits per heavy atom. The molecule has 0 bridgehead atoms. The summed E-state index contributed by atoms with van der Waals surface area (Å²) in [4.78, 5) is 46.4. The molecule has 0 aromatic heterocycles. The molecule has 9 nitrogen and oxygen atoms in total. The van der Waals surface area contributed by atoms with Gasteiger partial charge in [0.15, 0.2) is 0 Å². The molecule has 1 rings (SSSR count). The second-order valence-corrected chi connectivity index (χ2v) is 5.39. The van der Waals surface area contributed by atoms with E-state index in [9.17, 15) is 19.2 Å². The normalized spacial score (nSPS) is 14.7. The van der Waals surface area contributed by atoms with Crippen LogP contribution >= 0.6 is 0 Å². The van der Waals surface area contributed by atoms with Gasteiger partial charge in [0, 0.05) is 18.6 Å². The molecule has 1 heterocycles. The smallest absolute Gasteiger partial charge is 0.253 e. The minimum Gasteiger partial charge on any atom is -0.379 e. The molecule has 1 aliphatic rings. The maximum atomic E-state index is 11.7. The molecular formula is C16H23N3O6. The number of hydrogen-bond acceptors (Lipinski definition) is 6. The van der Waals surface area contributed by atoms with Gasteiger partial charge in [-0.2, -0.15) is 0 Å². The zero-order chi connectivity index (χ0) is 18.8. The van der Waals surface area contributed by atoms with Gasteiger partial charge in [-0.1, -0.05) is 6.58 Å². The van der Waals surface area contributed by atoms with E-state index in [-0.39, 0.29) is 57.1 Å². The van der Waals surface area contributed by atoms with E-state index >= 15 is 0 Å². The summed E-state index contributed by atoms with van der Waals surface area (Å²) >= 11 is 0. The number of ether oxygens (including phenoxy) is 2. The van der Waals surface area contributed by atoms with Crippen molar-refractivity contribution in [3.63, 3.8) is 0 Å². The van der Waals surface area contributed by atoms with E-state index in [1.54, 1.807) is 6.92 Å². The second-order valence-electron chi connectivity index (χ2n) is 5.39.